The number of rotatable bonds is 4. The van der Waals surface area contributed by atoms with Gasteiger partial charge in [0.1, 0.15) is 0 Å². The van der Waals surface area contributed by atoms with Gasteiger partial charge in [-0.25, -0.2) is 0 Å². The van der Waals surface area contributed by atoms with E-state index in [0.717, 1.165) is 19.5 Å². The molecule has 3 heteroatoms. The van der Waals surface area contributed by atoms with Crippen LogP contribution in [0.1, 0.15) is 5.56 Å². The minimum absolute atomic E-state index is 0.375. The molecule has 2 rings (SSSR count). The van der Waals surface area contributed by atoms with Crippen LogP contribution in [0.3, 0.4) is 0 Å². The summed E-state index contributed by atoms with van der Waals surface area (Å²) < 4.78 is 0. The Balaban J connectivity index is 2.03. The van der Waals surface area contributed by atoms with Crippen molar-refractivity contribution in [1.82, 2.24) is 4.90 Å². The van der Waals surface area contributed by atoms with Gasteiger partial charge in [-0.05, 0) is 12.0 Å². The van der Waals surface area contributed by atoms with Crippen molar-refractivity contribution < 1.29 is 0 Å². The summed E-state index contributed by atoms with van der Waals surface area (Å²) in [6, 6.07) is 10.8. The normalized spacial score (nSPS) is 19.6. The average Bonchev–Trinajstić information content (AvgIpc) is 2.64. The molecule has 1 unspecified atom stereocenters. The molecule has 1 aromatic carbocycles. The highest BCUT2D eigenvalue weighted by Crippen LogP contribution is 2.14. The summed E-state index contributed by atoms with van der Waals surface area (Å²) in [5, 5.41) is 0. The van der Waals surface area contributed by atoms with Gasteiger partial charge in [0, 0.05) is 6.54 Å². The summed E-state index contributed by atoms with van der Waals surface area (Å²) in [7, 11) is 0. The predicted octanol–water partition coefficient (Wildman–Crippen LogP) is 1.41. The van der Waals surface area contributed by atoms with Crippen molar-refractivity contribution in [3.05, 3.63) is 48.6 Å². The fourth-order valence-corrected chi connectivity index (χ4v) is 2.02. The summed E-state index contributed by atoms with van der Waals surface area (Å²) in [4.78, 5) is 6.40. The Morgan fingerprint density at radius 2 is 2.19 bits per heavy atom. The standard InChI is InChI=1S/C13H17N3/c1-2-8-16-12(10-15-13(16)14)9-11-6-4-3-5-7-11/h2-7,12H,1,8-10H2,(H2,14,15). The fraction of sp³-hybridized carbons (Fsp3) is 0.308. The van der Waals surface area contributed by atoms with Gasteiger partial charge >= 0.3 is 0 Å². The van der Waals surface area contributed by atoms with Crippen LogP contribution in [-0.4, -0.2) is 30.0 Å². The third kappa shape index (κ3) is 2.24. The molecular formula is C13H17N3. The molecule has 1 heterocycles. The van der Waals surface area contributed by atoms with E-state index >= 15 is 0 Å². The maximum Gasteiger partial charge on any atom is 0.191 e. The van der Waals surface area contributed by atoms with Crippen molar-refractivity contribution in [2.75, 3.05) is 13.1 Å². The molecule has 1 atom stereocenters. The van der Waals surface area contributed by atoms with Gasteiger partial charge in [0.15, 0.2) is 5.96 Å². The van der Waals surface area contributed by atoms with E-state index in [9.17, 15) is 0 Å². The van der Waals surface area contributed by atoms with Gasteiger partial charge in [0.2, 0.25) is 0 Å². The third-order valence-corrected chi connectivity index (χ3v) is 2.84. The maximum absolute atomic E-state index is 5.84. The van der Waals surface area contributed by atoms with Crippen LogP contribution in [0, 0.1) is 0 Å². The van der Waals surface area contributed by atoms with Gasteiger partial charge in [-0.1, -0.05) is 36.4 Å². The van der Waals surface area contributed by atoms with E-state index in [2.05, 4.69) is 40.7 Å². The van der Waals surface area contributed by atoms with E-state index in [-0.39, 0.29) is 0 Å². The number of hydrogen-bond donors (Lipinski definition) is 1. The number of aliphatic imine (C=N–C) groups is 1. The van der Waals surface area contributed by atoms with Crippen LogP contribution in [0.5, 0.6) is 0 Å². The topological polar surface area (TPSA) is 41.6 Å². The second kappa shape index (κ2) is 4.84. The lowest BCUT2D eigenvalue weighted by Crippen LogP contribution is -2.41. The second-order valence-corrected chi connectivity index (χ2v) is 3.98. The number of nitrogens with zero attached hydrogens (tertiary/aromatic N) is 2. The van der Waals surface area contributed by atoms with E-state index in [1.807, 2.05) is 12.1 Å². The molecule has 0 aromatic heterocycles. The van der Waals surface area contributed by atoms with Crippen molar-refractivity contribution in [3.8, 4) is 0 Å². The molecule has 2 N–H and O–H groups in total. The minimum atomic E-state index is 0.375. The van der Waals surface area contributed by atoms with Crippen LogP contribution in [0.15, 0.2) is 48.0 Å². The highest BCUT2D eigenvalue weighted by Gasteiger charge is 2.24. The average molecular weight is 215 g/mol. The Hall–Kier alpha value is -1.77. The molecule has 0 fully saturated rings. The third-order valence-electron chi connectivity index (χ3n) is 2.84. The van der Waals surface area contributed by atoms with Crippen molar-refractivity contribution >= 4 is 5.96 Å². The molecular weight excluding hydrogens is 198 g/mol. The Morgan fingerprint density at radius 1 is 1.44 bits per heavy atom. The lowest BCUT2D eigenvalue weighted by atomic mass is 10.1. The molecule has 1 aromatic rings. The van der Waals surface area contributed by atoms with Crippen LogP contribution >= 0.6 is 0 Å². The van der Waals surface area contributed by atoms with Crippen molar-refractivity contribution in [2.45, 2.75) is 12.5 Å². The van der Waals surface area contributed by atoms with Gasteiger partial charge in [0.25, 0.3) is 0 Å². The molecule has 84 valence electrons. The van der Waals surface area contributed by atoms with Gasteiger partial charge in [-0.3, -0.25) is 4.99 Å². The minimum Gasteiger partial charge on any atom is -0.370 e. The number of nitrogens with two attached hydrogens (primary N) is 1. The first-order valence-electron chi connectivity index (χ1n) is 5.52. The summed E-state index contributed by atoms with van der Waals surface area (Å²) in [6.07, 6.45) is 2.85. The lowest BCUT2D eigenvalue weighted by molar-refractivity contribution is 0.368. The first-order chi connectivity index (χ1) is 7.81. The molecule has 0 bridgehead atoms. The second-order valence-electron chi connectivity index (χ2n) is 3.98. The number of hydrogen-bond acceptors (Lipinski definition) is 3. The zero-order valence-corrected chi connectivity index (χ0v) is 9.34. The van der Waals surface area contributed by atoms with Crippen LogP contribution in [-0.2, 0) is 6.42 Å². The Morgan fingerprint density at radius 3 is 2.88 bits per heavy atom. The summed E-state index contributed by atoms with van der Waals surface area (Å²) in [6.45, 7) is 5.30. The summed E-state index contributed by atoms with van der Waals surface area (Å²) in [5.41, 5.74) is 7.16. The van der Waals surface area contributed by atoms with E-state index in [1.165, 1.54) is 5.56 Å². The van der Waals surface area contributed by atoms with Crippen LogP contribution in [0.2, 0.25) is 0 Å². The number of benzene rings is 1. The van der Waals surface area contributed by atoms with Crippen molar-refractivity contribution in [1.29, 1.82) is 0 Å². The molecule has 0 saturated heterocycles. The summed E-state index contributed by atoms with van der Waals surface area (Å²) in [5.74, 6) is 0.640. The monoisotopic (exact) mass is 215 g/mol. The molecule has 0 amide bonds. The highest BCUT2D eigenvalue weighted by molar-refractivity contribution is 5.80. The Labute approximate surface area is 96.3 Å². The first kappa shape index (κ1) is 10.7. The molecule has 3 nitrogen and oxygen atoms in total. The maximum atomic E-state index is 5.84. The Kier molecular flexibility index (Phi) is 3.25. The van der Waals surface area contributed by atoms with Crippen molar-refractivity contribution in [3.63, 3.8) is 0 Å². The first-order valence-corrected chi connectivity index (χ1v) is 5.52. The smallest absolute Gasteiger partial charge is 0.191 e. The highest BCUT2D eigenvalue weighted by atomic mass is 15.3. The van der Waals surface area contributed by atoms with Gasteiger partial charge in [-0.2, -0.15) is 0 Å². The van der Waals surface area contributed by atoms with Gasteiger partial charge < -0.3 is 10.6 Å². The quantitative estimate of drug-likeness (QED) is 0.772. The molecule has 0 spiro atoms. The van der Waals surface area contributed by atoms with E-state index in [1.54, 1.807) is 0 Å². The predicted molar refractivity (Wildman–Crippen MR) is 67.3 cm³/mol. The van der Waals surface area contributed by atoms with E-state index in [4.69, 9.17) is 5.73 Å². The van der Waals surface area contributed by atoms with Crippen molar-refractivity contribution in [2.24, 2.45) is 10.7 Å². The number of guanidine groups is 1. The van der Waals surface area contributed by atoms with E-state index in [0.29, 0.717) is 12.0 Å². The molecule has 0 aliphatic carbocycles. The molecule has 1 aliphatic heterocycles. The largest absolute Gasteiger partial charge is 0.370 e. The molecule has 16 heavy (non-hydrogen) atoms. The molecule has 1 aliphatic rings. The lowest BCUT2D eigenvalue weighted by Gasteiger charge is -2.24. The molecule has 0 radical (unpaired) electrons. The molecule has 0 saturated carbocycles. The zero-order chi connectivity index (χ0) is 11.4. The Bertz CT molecular complexity index is 383. The van der Waals surface area contributed by atoms with Gasteiger partial charge in [0.05, 0.1) is 12.6 Å². The fourth-order valence-electron chi connectivity index (χ4n) is 2.02. The zero-order valence-electron chi connectivity index (χ0n) is 9.34. The van der Waals surface area contributed by atoms with Crippen LogP contribution in [0.4, 0.5) is 0 Å². The van der Waals surface area contributed by atoms with Crippen LogP contribution < -0.4 is 5.73 Å². The summed E-state index contributed by atoms with van der Waals surface area (Å²) >= 11 is 0. The SMILES string of the molecule is C=CCN1C(N)=NCC1Cc1ccccc1. The van der Waals surface area contributed by atoms with E-state index < -0.39 is 0 Å². The van der Waals surface area contributed by atoms with Crippen LogP contribution in [0.25, 0.3) is 0 Å². The van der Waals surface area contributed by atoms with Gasteiger partial charge in [-0.15, -0.1) is 6.58 Å².